The Morgan fingerprint density at radius 3 is 2.67 bits per heavy atom. The summed E-state index contributed by atoms with van der Waals surface area (Å²) < 4.78 is 5.48. The molecule has 2 rings (SSSR count). The molecule has 4 nitrogen and oxygen atoms in total. The fraction of sp³-hybridized carbons (Fsp3) is 0.353. The average Bonchev–Trinajstić information content (AvgIpc) is 2.47. The van der Waals surface area contributed by atoms with Crippen molar-refractivity contribution in [1.82, 2.24) is 4.98 Å². The molecule has 21 heavy (non-hydrogen) atoms. The molecule has 0 radical (unpaired) electrons. The van der Waals surface area contributed by atoms with Crippen molar-refractivity contribution in [1.29, 1.82) is 0 Å². The summed E-state index contributed by atoms with van der Waals surface area (Å²) in [6.45, 7) is 7.83. The first-order valence-corrected chi connectivity index (χ1v) is 7.16. The fourth-order valence-corrected chi connectivity index (χ4v) is 2.52. The number of aryl methyl sites for hydroxylation is 1. The van der Waals surface area contributed by atoms with E-state index in [2.05, 4.69) is 29.8 Å². The number of hydrogen-bond donors (Lipinski definition) is 1. The van der Waals surface area contributed by atoms with Gasteiger partial charge in [-0.25, -0.2) is 0 Å². The molecule has 0 spiro atoms. The van der Waals surface area contributed by atoms with E-state index in [1.165, 1.54) is 0 Å². The van der Waals surface area contributed by atoms with Crippen LogP contribution >= 0.6 is 0 Å². The van der Waals surface area contributed by atoms with Crippen molar-refractivity contribution in [2.24, 2.45) is 0 Å². The highest BCUT2D eigenvalue weighted by Crippen LogP contribution is 2.26. The number of aromatic nitrogens is 1. The van der Waals surface area contributed by atoms with Gasteiger partial charge in [0, 0.05) is 35.2 Å². The lowest BCUT2D eigenvalue weighted by Crippen LogP contribution is -2.23. The van der Waals surface area contributed by atoms with E-state index in [4.69, 9.17) is 10.5 Å². The molecule has 1 aromatic heterocycles. The molecule has 0 saturated heterocycles. The van der Waals surface area contributed by atoms with Gasteiger partial charge in [0.05, 0.1) is 19.3 Å². The Labute approximate surface area is 126 Å². The van der Waals surface area contributed by atoms with E-state index in [-0.39, 0.29) is 0 Å². The van der Waals surface area contributed by atoms with Gasteiger partial charge in [0.15, 0.2) is 0 Å². The predicted octanol–water partition coefficient (Wildman–Crippen LogP) is 3.32. The summed E-state index contributed by atoms with van der Waals surface area (Å²) in [5.41, 5.74) is 10.9. The first kappa shape index (κ1) is 15.2. The van der Waals surface area contributed by atoms with Gasteiger partial charge in [-0.1, -0.05) is 6.07 Å². The summed E-state index contributed by atoms with van der Waals surface area (Å²) in [6, 6.07) is 7.93. The molecule has 0 aliphatic rings. The average molecular weight is 285 g/mol. The van der Waals surface area contributed by atoms with E-state index in [1.54, 1.807) is 7.11 Å². The third kappa shape index (κ3) is 3.27. The molecule has 0 amide bonds. The molecule has 2 aromatic rings. The second-order valence-corrected chi connectivity index (χ2v) is 5.16. The molecular weight excluding hydrogens is 262 g/mol. The summed E-state index contributed by atoms with van der Waals surface area (Å²) in [5.74, 6) is 0.920. The van der Waals surface area contributed by atoms with Gasteiger partial charge in [0.1, 0.15) is 5.75 Å². The van der Waals surface area contributed by atoms with Crippen molar-refractivity contribution in [3.8, 4) is 5.75 Å². The first-order valence-electron chi connectivity index (χ1n) is 7.16. The molecule has 0 saturated carbocycles. The van der Waals surface area contributed by atoms with Crippen LogP contribution in [0.2, 0.25) is 0 Å². The van der Waals surface area contributed by atoms with E-state index in [1.807, 2.05) is 31.3 Å². The Hall–Kier alpha value is -2.23. The lowest BCUT2D eigenvalue weighted by atomic mass is 10.1. The zero-order valence-corrected chi connectivity index (χ0v) is 13.2. The molecule has 0 bridgehead atoms. The second kappa shape index (κ2) is 6.48. The highest BCUT2D eigenvalue weighted by Gasteiger charge is 2.13. The van der Waals surface area contributed by atoms with Gasteiger partial charge in [-0.2, -0.15) is 0 Å². The zero-order valence-electron chi connectivity index (χ0n) is 13.2. The smallest absolute Gasteiger partial charge is 0.128 e. The van der Waals surface area contributed by atoms with E-state index in [0.717, 1.165) is 47.0 Å². The molecule has 1 heterocycles. The van der Waals surface area contributed by atoms with Gasteiger partial charge in [-0.3, -0.25) is 4.98 Å². The lowest BCUT2D eigenvalue weighted by Gasteiger charge is -2.24. The summed E-state index contributed by atoms with van der Waals surface area (Å²) in [6.07, 6.45) is 1.87. The van der Waals surface area contributed by atoms with E-state index < -0.39 is 0 Å². The number of anilines is 2. The summed E-state index contributed by atoms with van der Waals surface area (Å²) >= 11 is 0. The van der Waals surface area contributed by atoms with Crippen LogP contribution in [0.3, 0.4) is 0 Å². The standard InChI is InChI=1S/C17H23N3O/c1-5-20(15-8-6-7-14(18)9-15)11-16-13(3)17(21-4)12(2)10-19-16/h6-10H,5,11,18H2,1-4H3. The van der Waals surface area contributed by atoms with Crippen LogP contribution < -0.4 is 15.4 Å². The summed E-state index contributed by atoms with van der Waals surface area (Å²) in [5, 5.41) is 0. The highest BCUT2D eigenvalue weighted by molar-refractivity contribution is 5.56. The third-order valence-corrected chi connectivity index (χ3v) is 3.71. The number of nitrogen functional groups attached to an aromatic ring is 1. The Morgan fingerprint density at radius 1 is 1.29 bits per heavy atom. The van der Waals surface area contributed by atoms with Crippen LogP contribution in [0.15, 0.2) is 30.5 Å². The van der Waals surface area contributed by atoms with Crippen molar-refractivity contribution in [2.75, 3.05) is 24.3 Å². The number of nitrogens with zero attached hydrogens (tertiary/aromatic N) is 2. The quantitative estimate of drug-likeness (QED) is 0.856. The Balaban J connectivity index is 2.31. The van der Waals surface area contributed by atoms with Gasteiger partial charge in [0.25, 0.3) is 0 Å². The number of benzene rings is 1. The maximum atomic E-state index is 5.88. The maximum absolute atomic E-state index is 5.88. The van der Waals surface area contributed by atoms with Crippen LogP contribution in [0.5, 0.6) is 5.75 Å². The lowest BCUT2D eigenvalue weighted by molar-refractivity contribution is 0.407. The van der Waals surface area contributed by atoms with Crippen LogP contribution in [0.1, 0.15) is 23.7 Å². The summed E-state index contributed by atoms with van der Waals surface area (Å²) in [7, 11) is 1.70. The Bertz CT molecular complexity index is 625. The topological polar surface area (TPSA) is 51.4 Å². The Morgan fingerprint density at radius 2 is 2.05 bits per heavy atom. The molecule has 0 fully saturated rings. The number of nitrogens with two attached hydrogens (primary N) is 1. The normalized spacial score (nSPS) is 10.5. The van der Waals surface area contributed by atoms with Crippen molar-refractivity contribution in [3.63, 3.8) is 0 Å². The molecule has 4 heteroatoms. The van der Waals surface area contributed by atoms with Gasteiger partial charge in [0.2, 0.25) is 0 Å². The fourth-order valence-electron chi connectivity index (χ4n) is 2.52. The van der Waals surface area contributed by atoms with Crippen molar-refractivity contribution < 1.29 is 4.74 Å². The molecular formula is C17H23N3O. The minimum atomic E-state index is 0.739. The van der Waals surface area contributed by atoms with Crippen molar-refractivity contribution in [2.45, 2.75) is 27.3 Å². The van der Waals surface area contributed by atoms with Crippen molar-refractivity contribution >= 4 is 11.4 Å². The molecule has 0 atom stereocenters. The largest absolute Gasteiger partial charge is 0.496 e. The van der Waals surface area contributed by atoms with Crippen molar-refractivity contribution in [3.05, 3.63) is 47.3 Å². The maximum Gasteiger partial charge on any atom is 0.128 e. The monoisotopic (exact) mass is 285 g/mol. The van der Waals surface area contributed by atoms with Gasteiger partial charge in [-0.15, -0.1) is 0 Å². The van der Waals surface area contributed by atoms with Crippen LogP contribution in [0, 0.1) is 13.8 Å². The number of hydrogen-bond acceptors (Lipinski definition) is 4. The number of pyridine rings is 1. The SMILES string of the molecule is CCN(Cc1ncc(C)c(OC)c1C)c1cccc(N)c1. The molecule has 0 aliphatic heterocycles. The van der Waals surface area contributed by atoms with Gasteiger partial charge < -0.3 is 15.4 Å². The number of ether oxygens (including phenoxy) is 1. The third-order valence-electron chi connectivity index (χ3n) is 3.71. The van der Waals surface area contributed by atoms with E-state index >= 15 is 0 Å². The molecule has 0 aliphatic carbocycles. The van der Waals surface area contributed by atoms with Gasteiger partial charge in [-0.05, 0) is 39.0 Å². The number of rotatable bonds is 5. The van der Waals surface area contributed by atoms with Crippen LogP contribution in [-0.2, 0) is 6.54 Å². The van der Waals surface area contributed by atoms with E-state index in [9.17, 15) is 0 Å². The van der Waals surface area contributed by atoms with Crippen LogP contribution in [-0.4, -0.2) is 18.6 Å². The molecule has 0 unspecified atom stereocenters. The van der Waals surface area contributed by atoms with E-state index in [0.29, 0.717) is 0 Å². The number of methoxy groups -OCH3 is 1. The van der Waals surface area contributed by atoms with Gasteiger partial charge >= 0.3 is 0 Å². The highest BCUT2D eigenvalue weighted by atomic mass is 16.5. The zero-order chi connectivity index (χ0) is 15.4. The molecule has 1 aromatic carbocycles. The minimum absolute atomic E-state index is 0.739. The van der Waals surface area contributed by atoms with Crippen LogP contribution in [0.4, 0.5) is 11.4 Å². The first-order chi connectivity index (χ1) is 10.1. The predicted molar refractivity (Wildman–Crippen MR) is 87.8 cm³/mol. The Kier molecular flexibility index (Phi) is 4.68. The molecule has 2 N–H and O–H groups in total. The molecule has 112 valence electrons. The minimum Gasteiger partial charge on any atom is -0.496 e. The van der Waals surface area contributed by atoms with Crippen LogP contribution in [0.25, 0.3) is 0 Å². The summed E-state index contributed by atoms with van der Waals surface area (Å²) in [4.78, 5) is 6.82. The second-order valence-electron chi connectivity index (χ2n) is 5.16.